The lowest BCUT2D eigenvalue weighted by atomic mass is 10.5. The van der Waals surface area contributed by atoms with Gasteiger partial charge in [0.05, 0.1) is 0 Å². The molecule has 80 valence electrons. The van der Waals surface area contributed by atoms with Gasteiger partial charge in [0.15, 0.2) is 5.12 Å². The van der Waals surface area contributed by atoms with E-state index in [1.54, 1.807) is 11.8 Å². The van der Waals surface area contributed by atoms with Gasteiger partial charge in [-0.3, -0.25) is 4.79 Å². The third-order valence-corrected chi connectivity index (χ3v) is 7.95. The lowest BCUT2D eigenvalue weighted by Gasteiger charge is -2.25. The summed E-state index contributed by atoms with van der Waals surface area (Å²) < 4.78 is 0. The summed E-state index contributed by atoms with van der Waals surface area (Å²) in [4.78, 5) is 11.5. The Hall–Kier alpha value is 1.07. The van der Waals surface area contributed by atoms with Gasteiger partial charge in [-0.1, -0.05) is 11.8 Å². The highest BCUT2D eigenvalue weighted by molar-refractivity contribution is 8.17. The van der Waals surface area contributed by atoms with Crippen LogP contribution in [0.5, 0.6) is 0 Å². The Labute approximate surface area is 102 Å². The first kappa shape index (κ1) is 11.6. The van der Waals surface area contributed by atoms with Crippen LogP contribution in [0.3, 0.4) is 0 Å². The SMILES string of the molecule is O=C(CCSC1CSC1)SC1CSC1. The van der Waals surface area contributed by atoms with E-state index in [2.05, 4.69) is 0 Å². The molecule has 0 unspecified atom stereocenters. The summed E-state index contributed by atoms with van der Waals surface area (Å²) in [6.07, 6.45) is 0.775. The van der Waals surface area contributed by atoms with Gasteiger partial charge in [-0.05, 0) is 0 Å². The van der Waals surface area contributed by atoms with Gasteiger partial charge in [-0.25, -0.2) is 0 Å². The Morgan fingerprint density at radius 2 is 1.79 bits per heavy atom. The molecule has 0 spiro atoms. The van der Waals surface area contributed by atoms with Crippen molar-refractivity contribution in [2.24, 2.45) is 0 Å². The van der Waals surface area contributed by atoms with Crippen LogP contribution in [0, 0.1) is 0 Å². The molecule has 0 bridgehead atoms. The van der Waals surface area contributed by atoms with Gasteiger partial charge < -0.3 is 0 Å². The van der Waals surface area contributed by atoms with Gasteiger partial charge in [0.2, 0.25) is 0 Å². The molecule has 0 saturated carbocycles. The Morgan fingerprint density at radius 3 is 2.29 bits per heavy atom. The maximum absolute atomic E-state index is 11.5. The van der Waals surface area contributed by atoms with Crippen LogP contribution in [0.2, 0.25) is 0 Å². The van der Waals surface area contributed by atoms with Crippen molar-refractivity contribution in [2.75, 3.05) is 28.8 Å². The van der Waals surface area contributed by atoms with Crippen LogP contribution in [0.1, 0.15) is 6.42 Å². The van der Waals surface area contributed by atoms with Gasteiger partial charge >= 0.3 is 0 Å². The summed E-state index contributed by atoms with van der Waals surface area (Å²) in [5.41, 5.74) is 0. The summed E-state index contributed by atoms with van der Waals surface area (Å²) in [7, 11) is 0. The van der Waals surface area contributed by atoms with Crippen LogP contribution < -0.4 is 0 Å². The summed E-state index contributed by atoms with van der Waals surface area (Å²) in [6, 6.07) is 0. The molecule has 2 rings (SSSR count). The summed E-state index contributed by atoms with van der Waals surface area (Å²) in [5, 5.41) is 1.89. The second-order valence-electron chi connectivity index (χ2n) is 3.43. The highest BCUT2D eigenvalue weighted by atomic mass is 32.2. The highest BCUT2D eigenvalue weighted by Gasteiger charge is 2.22. The van der Waals surface area contributed by atoms with E-state index in [0.29, 0.717) is 10.4 Å². The molecule has 0 radical (unpaired) electrons. The normalized spacial score (nSPS) is 22.9. The molecule has 2 fully saturated rings. The fourth-order valence-corrected chi connectivity index (χ4v) is 5.83. The zero-order chi connectivity index (χ0) is 9.80. The van der Waals surface area contributed by atoms with Gasteiger partial charge in [0, 0.05) is 45.7 Å². The maximum atomic E-state index is 11.5. The Morgan fingerprint density at radius 1 is 1.14 bits per heavy atom. The van der Waals surface area contributed by atoms with E-state index in [1.165, 1.54) is 23.0 Å². The zero-order valence-electron chi connectivity index (χ0n) is 7.94. The lowest BCUT2D eigenvalue weighted by Crippen LogP contribution is -2.23. The minimum Gasteiger partial charge on any atom is -0.287 e. The van der Waals surface area contributed by atoms with Gasteiger partial charge in [0.25, 0.3) is 0 Å². The van der Waals surface area contributed by atoms with Gasteiger partial charge in [-0.2, -0.15) is 35.3 Å². The summed E-state index contributed by atoms with van der Waals surface area (Å²) in [5.74, 6) is 6.00. The first-order valence-corrected chi connectivity index (χ1v) is 9.05. The van der Waals surface area contributed by atoms with Crippen molar-refractivity contribution in [3.05, 3.63) is 0 Å². The fraction of sp³-hybridized carbons (Fsp3) is 0.889. The topological polar surface area (TPSA) is 17.1 Å². The number of carbonyl (C=O) groups excluding carboxylic acids is 1. The minimum absolute atomic E-state index is 0.412. The molecule has 0 aromatic heterocycles. The van der Waals surface area contributed by atoms with E-state index in [9.17, 15) is 4.79 Å². The fourth-order valence-electron chi connectivity index (χ4n) is 1.15. The molecule has 0 amide bonds. The molecule has 14 heavy (non-hydrogen) atoms. The Balaban J connectivity index is 1.48. The average molecular weight is 266 g/mol. The van der Waals surface area contributed by atoms with Crippen LogP contribution in [0.15, 0.2) is 0 Å². The quantitative estimate of drug-likeness (QED) is 0.758. The Bertz CT molecular complexity index is 201. The molecule has 2 heterocycles. The molecule has 0 N–H and O–H groups in total. The van der Waals surface area contributed by atoms with Crippen LogP contribution in [-0.2, 0) is 4.79 Å². The van der Waals surface area contributed by atoms with Crippen molar-refractivity contribution in [3.8, 4) is 0 Å². The number of hydrogen-bond acceptors (Lipinski definition) is 5. The van der Waals surface area contributed by atoms with Gasteiger partial charge in [0.1, 0.15) is 0 Å². The van der Waals surface area contributed by atoms with Crippen LogP contribution in [0.25, 0.3) is 0 Å². The van der Waals surface area contributed by atoms with Crippen molar-refractivity contribution in [1.82, 2.24) is 0 Å². The molecule has 2 aliphatic heterocycles. The second kappa shape index (κ2) is 5.97. The third kappa shape index (κ3) is 3.58. The van der Waals surface area contributed by atoms with E-state index in [4.69, 9.17) is 0 Å². The molecular weight excluding hydrogens is 252 g/mol. The number of hydrogen-bond donors (Lipinski definition) is 0. The van der Waals surface area contributed by atoms with Crippen molar-refractivity contribution in [3.63, 3.8) is 0 Å². The Kier molecular flexibility index (Phi) is 4.92. The standard InChI is InChI=1S/C9H14OS4/c10-9(14-8-5-12-6-8)1-2-13-7-3-11-4-7/h7-8H,1-6H2. The zero-order valence-corrected chi connectivity index (χ0v) is 11.2. The average Bonchev–Trinajstić information content (AvgIpc) is 2.02. The number of rotatable bonds is 5. The van der Waals surface area contributed by atoms with E-state index >= 15 is 0 Å². The predicted octanol–water partition coefficient (Wildman–Crippen LogP) is 2.60. The van der Waals surface area contributed by atoms with Crippen molar-refractivity contribution in [1.29, 1.82) is 0 Å². The second-order valence-corrected chi connectivity index (χ2v) is 8.35. The molecule has 1 nitrogen and oxygen atoms in total. The molecule has 5 heteroatoms. The van der Waals surface area contributed by atoms with Crippen molar-refractivity contribution < 1.29 is 4.79 Å². The minimum atomic E-state index is 0.412. The van der Waals surface area contributed by atoms with Crippen LogP contribution in [0.4, 0.5) is 0 Å². The smallest absolute Gasteiger partial charge is 0.190 e. The van der Waals surface area contributed by atoms with E-state index in [0.717, 1.165) is 17.4 Å². The van der Waals surface area contributed by atoms with E-state index < -0.39 is 0 Å². The predicted molar refractivity (Wildman–Crippen MR) is 71.9 cm³/mol. The molecule has 0 aliphatic carbocycles. The molecule has 0 aromatic rings. The third-order valence-electron chi connectivity index (χ3n) is 2.17. The molecule has 0 atom stereocenters. The first-order chi connectivity index (χ1) is 6.84. The number of carbonyl (C=O) groups is 1. The maximum Gasteiger partial charge on any atom is 0.190 e. The highest BCUT2D eigenvalue weighted by Crippen LogP contribution is 2.32. The van der Waals surface area contributed by atoms with E-state index in [1.807, 2.05) is 35.3 Å². The molecular formula is C9H14OS4. The monoisotopic (exact) mass is 266 g/mol. The summed E-state index contributed by atoms with van der Waals surface area (Å²) in [6.45, 7) is 0. The van der Waals surface area contributed by atoms with Gasteiger partial charge in [-0.15, -0.1) is 0 Å². The van der Waals surface area contributed by atoms with Crippen molar-refractivity contribution in [2.45, 2.75) is 16.9 Å². The van der Waals surface area contributed by atoms with Crippen molar-refractivity contribution >= 4 is 52.2 Å². The van der Waals surface area contributed by atoms with Crippen LogP contribution in [-0.4, -0.2) is 44.4 Å². The largest absolute Gasteiger partial charge is 0.287 e. The first-order valence-electron chi connectivity index (χ1n) is 4.81. The van der Waals surface area contributed by atoms with Crippen LogP contribution >= 0.6 is 47.0 Å². The lowest BCUT2D eigenvalue weighted by molar-refractivity contribution is -0.110. The van der Waals surface area contributed by atoms with E-state index in [-0.39, 0.29) is 0 Å². The molecule has 2 saturated heterocycles. The molecule has 0 aromatic carbocycles. The number of thioether (sulfide) groups is 4. The molecule has 2 aliphatic rings. The summed E-state index contributed by atoms with van der Waals surface area (Å²) >= 11 is 7.53.